The molecule has 1 aromatic carbocycles. The minimum Gasteiger partial charge on any atom is -0.461 e. The van der Waals surface area contributed by atoms with Gasteiger partial charge in [0, 0.05) is 12.2 Å². The highest BCUT2D eigenvalue weighted by molar-refractivity contribution is 14.1. The van der Waals surface area contributed by atoms with Crippen molar-refractivity contribution in [2.24, 2.45) is 0 Å². The van der Waals surface area contributed by atoms with Crippen molar-refractivity contribution in [3.63, 3.8) is 0 Å². The maximum absolute atomic E-state index is 12.2. The topological polar surface area (TPSA) is 31.2 Å². The van der Waals surface area contributed by atoms with Crippen LogP contribution in [0, 0.1) is 17.4 Å². The standard InChI is InChI=1S/C16H17BrINO2/c1-4-21-16(20)15-14(18)13(17)11(3)19(15)9-12-7-5-10(2)6-8-12/h5-8H,4,9H2,1-3H3. The third-order valence-electron chi connectivity index (χ3n) is 3.32. The maximum atomic E-state index is 12.2. The highest BCUT2D eigenvalue weighted by Crippen LogP contribution is 2.30. The predicted molar refractivity (Wildman–Crippen MR) is 95.8 cm³/mol. The molecule has 0 bridgehead atoms. The number of aromatic nitrogens is 1. The molecule has 0 spiro atoms. The van der Waals surface area contributed by atoms with Gasteiger partial charge in [-0.1, -0.05) is 29.8 Å². The maximum Gasteiger partial charge on any atom is 0.356 e. The molecular formula is C16H17BrINO2. The van der Waals surface area contributed by atoms with E-state index in [2.05, 4.69) is 69.7 Å². The van der Waals surface area contributed by atoms with Gasteiger partial charge in [-0.15, -0.1) is 0 Å². The molecule has 0 aliphatic carbocycles. The monoisotopic (exact) mass is 461 g/mol. The Morgan fingerprint density at radius 1 is 1.29 bits per heavy atom. The first kappa shape index (κ1) is 16.5. The highest BCUT2D eigenvalue weighted by Gasteiger charge is 2.23. The molecule has 0 unspecified atom stereocenters. The number of halogens is 2. The van der Waals surface area contributed by atoms with Gasteiger partial charge in [-0.25, -0.2) is 4.79 Å². The molecule has 2 rings (SSSR count). The van der Waals surface area contributed by atoms with Crippen molar-refractivity contribution in [3.05, 3.63) is 54.8 Å². The van der Waals surface area contributed by atoms with E-state index in [0.717, 1.165) is 19.3 Å². The van der Waals surface area contributed by atoms with E-state index in [1.54, 1.807) is 0 Å². The van der Waals surface area contributed by atoms with E-state index < -0.39 is 0 Å². The van der Waals surface area contributed by atoms with Crippen molar-refractivity contribution in [2.45, 2.75) is 27.3 Å². The molecule has 0 atom stereocenters. The zero-order valence-corrected chi connectivity index (χ0v) is 16.0. The van der Waals surface area contributed by atoms with E-state index in [9.17, 15) is 4.79 Å². The van der Waals surface area contributed by atoms with Gasteiger partial charge >= 0.3 is 5.97 Å². The summed E-state index contributed by atoms with van der Waals surface area (Å²) in [5.74, 6) is -0.275. The van der Waals surface area contributed by atoms with Crippen LogP contribution in [0.25, 0.3) is 0 Å². The van der Waals surface area contributed by atoms with E-state index in [4.69, 9.17) is 4.74 Å². The lowest BCUT2D eigenvalue weighted by Crippen LogP contribution is -2.15. The third kappa shape index (κ3) is 3.51. The Hall–Kier alpha value is -0.820. The minimum absolute atomic E-state index is 0.275. The van der Waals surface area contributed by atoms with Crippen LogP contribution in [0.5, 0.6) is 0 Å². The molecule has 5 heteroatoms. The number of rotatable bonds is 4. The Balaban J connectivity index is 2.44. The normalized spacial score (nSPS) is 10.7. The summed E-state index contributed by atoms with van der Waals surface area (Å²) in [6, 6.07) is 8.34. The number of aryl methyl sites for hydroxylation is 1. The van der Waals surface area contributed by atoms with E-state index in [-0.39, 0.29) is 5.97 Å². The smallest absolute Gasteiger partial charge is 0.356 e. The Bertz CT molecular complexity index is 662. The van der Waals surface area contributed by atoms with E-state index in [1.807, 2.05) is 18.4 Å². The Morgan fingerprint density at radius 3 is 2.48 bits per heavy atom. The van der Waals surface area contributed by atoms with Crippen LogP contribution in [0.2, 0.25) is 0 Å². The van der Waals surface area contributed by atoms with Crippen molar-refractivity contribution in [2.75, 3.05) is 6.61 Å². The fourth-order valence-electron chi connectivity index (χ4n) is 2.14. The zero-order valence-electron chi connectivity index (χ0n) is 12.2. The van der Waals surface area contributed by atoms with E-state index in [1.165, 1.54) is 5.56 Å². The van der Waals surface area contributed by atoms with Crippen molar-refractivity contribution >= 4 is 44.5 Å². The molecule has 0 fully saturated rings. The molecule has 21 heavy (non-hydrogen) atoms. The van der Waals surface area contributed by atoms with Crippen LogP contribution in [0.4, 0.5) is 0 Å². The molecule has 0 amide bonds. The average Bonchev–Trinajstić information content (AvgIpc) is 2.66. The lowest BCUT2D eigenvalue weighted by atomic mass is 10.1. The number of ether oxygens (including phenoxy) is 1. The van der Waals surface area contributed by atoms with Gasteiger partial charge in [-0.05, 0) is 64.9 Å². The molecule has 0 saturated carbocycles. The summed E-state index contributed by atoms with van der Waals surface area (Å²) in [4.78, 5) is 12.2. The molecule has 1 heterocycles. The van der Waals surface area contributed by atoms with Crippen molar-refractivity contribution in [1.82, 2.24) is 4.57 Å². The number of carbonyl (C=O) groups excluding carboxylic acids is 1. The predicted octanol–water partition coefficient (Wildman–Crippen LogP) is 4.70. The second-order valence-corrected chi connectivity index (χ2v) is 6.73. The zero-order chi connectivity index (χ0) is 15.6. The molecule has 0 saturated heterocycles. The van der Waals surface area contributed by atoms with Gasteiger partial charge in [0.1, 0.15) is 5.69 Å². The lowest BCUT2D eigenvalue weighted by Gasteiger charge is -2.11. The Kier molecular flexibility index (Phi) is 5.48. The summed E-state index contributed by atoms with van der Waals surface area (Å²) < 4.78 is 9.05. The first-order valence-corrected chi connectivity index (χ1v) is 8.59. The highest BCUT2D eigenvalue weighted by atomic mass is 127. The van der Waals surface area contributed by atoms with Crippen LogP contribution in [0.1, 0.15) is 34.2 Å². The second-order valence-electron chi connectivity index (χ2n) is 4.85. The average molecular weight is 462 g/mol. The summed E-state index contributed by atoms with van der Waals surface area (Å²) in [5, 5.41) is 0. The van der Waals surface area contributed by atoms with Crippen LogP contribution in [-0.2, 0) is 11.3 Å². The fourth-order valence-corrected chi connectivity index (χ4v) is 3.44. The molecule has 2 aromatic rings. The van der Waals surface area contributed by atoms with Crippen molar-refractivity contribution < 1.29 is 9.53 Å². The Morgan fingerprint density at radius 2 is 1.90 bits per heavy atom. The number of hydrogen-bond donors (Lipinski definition) is 0. The van der Waals surface area contributed by atoms with Gasteiger partial charge in [0.2, 0.25) is 0 Å². The summed E-state index contributed by atoms with van der Waals surface area (Å²) in [5.41, 5.74) is 4.03. The molecule has 112 valence electrons. The SMILES string of the molecule is CCOC(=O)c1c(I)c(Br)c(C)n1Cc1ccc(C)cc1. The van der Waals surface area contributed by atoms with Crippen LogP contribution in [0.3, 0.4) is 0 Å². The number of hydrogen-bond acceptors (Lipinski definition) is 2. The third-order valence-corrected chi connectivity index (χ3v) is 6.08. The van der Waals surface area contributed by atoms with Crippen molar-refractivity contribution in [3.8, 4) is 0 Å². The summed E-state index contributed by atoms with van der Waals surface area (Å²) in [6.07, 6.45) is 0. The Labute approximate surface area is 147 Å². The summed E-state index contributed by atoms with van der Waals surface area (Å²) in [7, 11) is 0. The van der Waals surface area contributed by atoms with Crippen LogP contribution < -0.4 is 0 Å². The van der Waals surface area contributed by atoms with E-state index in [0.29, 0.717) is 18.8 Å². The van der Waals surface area contributed by atoms with Gasteiger partial charge < -0.3 is 9.30 Å². The second kappa shape index (κ2) is 6.96. The van der Waals surface area contributed by atoms with Crippen LogP contribution in [0.15, 0.2) is 28.7 Å². The lowest BCUT2D eigenvalue weighted by molar-refractivity contribution is 0.0512. The number of esters is 1. The molecule has 0 radical (unpaired) electrons. The molecular weight excluding hydrogens is 445 g/mol. The number of benzene rings is 1. The molecule has 0 N–H and O–H groups in total. The van der Waals surface area contributed by atoms with Gasteiger partial charge in [-0.2, -0.15) is 0 Å². The molecule has 1 aromatic heterocycles. The quantitative estimate of drug-likeness (QED) is 0.488. The first-order chi connectivity index (χ1) is 9.95. The number of nitrogens with zero attached hydrogens (tertiary/aromatic N) is 1. The first-order valence-electron chi connectivity index (χ1n) is 6.72. The minimum atomic E-state index is -0.275. The molecule has 0 aliphatic rings. The number of carbonyl (C=O) groups is 1. The molecule has 3 nitrogen and oxygen atoms in total. The van der Waals surface area contributed by atoms with Gasteiger partial charge in [-0.3, -0.25) is 0 Å². The van der Waals surface area contributed by atoms with Gasteiger partial charge in [0.25, 0.3) is 0 Å². The van der Waals surface area contributed by atoms with Crippen LogP contribution >= 0.6 is 38.5 Å². The van der Waals surface area contributed by atoms with E-state index >= 15 is 0 Å². The van der Waals surface area contributed by atoms with Crippen molar-refractivity contribution in [1.29, 1.82) is 0 Å². The summed E-state index contributed by atoms with van der Waals surface area (Å²) >= 11 is 5.74. The van der Waals surface area contributed by atoms with Crippen LogP contribution in [-0.4, -0.2) is 17.1 Å². The van der Waals surface area contributed by atoms with Gasteiger partial charge in [0.05, 0.1) is 14.6 Å². The van der Waals surface area contributed by atoms with Gasteiger partial charge in [0.15, 0.2) is 0 Å². The largest absolute Gasteiger partial charge is 0.461 e. The summed E-state index contributed by atoms with van der Waals surface area (Å²) in [6.45, 7) is 6.92. The fraction of sp³-hybridized carbons (Fsp3) is 0.312. The molecule has 0 aliphatic heterocycles.